The summed E-state index contributed by atoms with van der Waals surface area (Å²) in [6.07, 6.45) is 1.40. The van der Waals surface area contributed by atoms with E-state index in [1.54, 1.807) is 24.3 Å². The van der Waals surface area contributed by atoms with E-state index >= 15 is 0 Å². The van der Waals surface area contributed by atoms with Crippen molar-refractivity contribution in [2.75, 3.05) is 31.3 Å². The quantitative estimate of drug-likeness (QED) is 0.840. The molecule has 2 aromatic rings. The molecular weight excluding hydrogens is 322 g/mol. The highest BCUT2D eigenvalue weighted by atomic mass is 16.7. The summed E-state index contributed by atoms with van der Waals surface area (Å²) in [6.45, 7) is 1.94. The van der Waals surface area contributed by atoms with E-state index in [9.17, 15) is 5.26 Å². The van der Waals surface area contributed by atoms with Crippen molar-refractivity contribution in [3.05, 3.63) is 29.8 Å². The fourth-order valence-electron chi connectivity index (χ4n) is 2.50. The molecule has 0 bridgehead atoms. The lowest BCUT2D eigenvalue weighted by Crippen LogP contribution is -2.26. The summed E-state index contributed by atoms with van der Waals surface area (Å²) in [6, 6.07) is 9.20. The monoisotopic (exact) mass is 341 g/mol. The maximum Gasteiger partial charge on any atom is 0.222 e. The van der Waals surface area contributed by atoms with Gasteiger partial charge in [-0.25, -0.2) is 4.98 Å². The molecule has 1 aromatic heterocycles. The fourth-order valence-corrected chi connectivity index (χ4v) is 2.50. The third-order valence-corrected chi connectivity index (χ3v) is 3.71. The van der Waals surface area contributed by atoms with Crippen molar-refractivity contribution in [3.8, 4) is 23.1 Å². The second kappa shape index (κ2) is 7.79. The molecule has 0 aliphatic carbocycles. The van der Waals surface area contributed by atoms with Crippen LogP contribution in [0.15, 0.2) is 24.3 Å². The summed E-state index contributed by atoms with van der Waals surface area (Å²) in [4.78, 5) is 7.92. The van der Waals surface area contributed by atoms with Crippen molar-refractivity contribution in [1.29, 1.82) is 5.26 Å². The van der Waals surface area contributed by atoms with Crippen LogP contribution in [0, 0.1) is 11.3 Å². The zero-order chi connectivity index (χ0) is 17.6. The average Bonchev–Trinajstić information content (AvgIpc) is 2.63. The van der Waals surface area contributed by atoms with Crippen LogP contribution in [0.1, 0.15) is 18.4 Å². The van der Waals surface area contributed by atoms with E-state index in [1.807, 2.05) is 6.07 Å². The van der Waals surface area contributed by atoms with Gasteiger partial charge < -0.3 is 25.7 Å². The van der Waals surface area contributed by atoms with Gasteiger partial charge in [0.25, 0.3) is 0 Å². The molecule has 1 aromatic carbocycles. The molecule has 1 aliphatic rings. The first-order valence-corrected chi connectivity index (χ1v) is 7.97. The smallest absolute Gasteiger partial charge is 0.222 e. The molecule has 0 amide bonds. The molecule has 0 radical (unpaired) electrons. The molecule has 130 valence electrons. The summed E-state index contributed by atoms with van der Waals surface area (Å²) in [5.41, 5.74) is 12.7. The number of ether oxygens (including phenoxy) is 3. The summed E-state index contributed by atoms with van der Waals surface area (Å²) in [5.74, 6) is 0.796. The molecule has 3 rings (SSSR count). The lowest BCUT2D eigenvalue weighted by Gasteiger charge is -2.23. The van der Waals surface area contributed by atoms with E-state index in [0.717, 1.165) is 19.6 Å². The van der Waals surface area contributed by atoms with Gasteiger partial charge in [-0.15, -0.1) is 0 Å². The minimum absolute atomic E-state index is 0.0271. The minimum atomic E-state index is -0.196. The number of nitrogen functional groups attached to an aromatic ring is 2. The Morgan fingerprint density at radius 1 is 1.16 bits per heavy atom. The third kappa shape index (κ3) is 4.15. The van der Waals surface area contributed by atoms with Gasteiger partial charge in [0, 0.05) is 12.0 Å². The Morgan fingerprint density at radius 2 is 1.88 bits per heavy atom. The highest BCUT2D eigenvalue weighted by Gasteiger charge is 2.15. The number of hydrogen-bond acceptors (Lipinski definition) is 8. The van der Waals surface area contributed by atoms with E-state index in [4.69, 9.17) is 25.7 Å². The number of nitriles is 1. The Kier molecular flexibility index (Phi) is 5.28. The van der Waals surface area contributed by atoms with Crippen molar-refractivity contribution >= 4 is 11.8 Å². The maximum atomic E-state index is 9.25. The molecule has 1 aliphatic heterocycles. The summed E-state index contributed by atoms with van der Waals surface area (Å²) < 4.78 is 16.6. The Hall–Kier alpha value is -2.89. The van der Waals surface area contributed by atoms with Gasteiger partial charge in [0.15, 0.2) is 6.29 Å². The number of rotatable bonds is 5. The van der Waals surface area contributed by atoms with Gasteiger partial charge in [0.2, 0.25) is 5.95 Å². The zero-order valence-corrected chi connectivity index (χ0v) is 13.6. The Morgan fingerprint density at radius 3 is 2.56 bits per heavy atom. The van der Waals surface area contributed by atoms with Crippen LogP contribution in [0.4, 0.5) is 11.8 Å². The van der Waals surface area contributed by atoms with Gasteiger partial charge in [0.1, 0.15) is 23.2 Å². The minimum Gasteiger partial charge on any atom is -0.493 e. The summed E-state index contributed by atoms with van der Waals surface area (Å²) in [7, 11) is 0. The van der Waals surface area contributed by atoms with Crippen LogP contribution in [-0.2, 0) is 9.47 Å². The van der Waals surface area contributed by atoms with E-state index in [-0.39, 0.29) is 23.6 Å². The number of nitrogens with two attached hydrogens (primary N) is 2. The average molecular weight is 341 g/mol. The second-order valence-corrected chi connectivity index (χ2v) is 5.49. The molecule has 25 heavy (non-hydrogen) atoms. The first-order valence-electron chi connectivity index (χ1n) is 7.97. The van der Waals surface area contributed by atoms with Crippen molar-refractivity contribution < 1.29 is 14.2 Å². The van der Waals surface area contributed by atoms with E-state index in [1.165, 1.54) is 0 Å². The third-order valence-electron chi connectivity index (χ3n) is 3.71. The SMILES string of the molecule is N#Cc1c(N)nc(N)nc1-c1ccc(OCCC2OCCCO2)cc1. The van der Waals surface area contributed by atoms with Gasteiger partial charge in [-0.3, -0.25) is 0 Å². The largest absolute Gasteiger partial charge is 0.493 e. The molecule has 1 fully saturated rings. The normalized spacial score (nSPS) is 14.8. The highest BCUT2D eigenvalue weighted by Crippen LogP contribution is 2.27. The Labute approximate surface area is 145 Å². The molecule has 0 atom stereocenters. The van der Waals surface area contributed by atoms with Crippen LogP contribution in [0.2, 0.25) is 0 Å². The van der Waals surface area contributed by atoms with Crippen molar-refractivity contribution in [1.82, 2.24) is 9.97 Å². The predicted octanol–water partition coefficient (Wildman–Crippen LogP) is 1.71. The van der Waals surface area contributed by atoms with Crippen molar-refractivity contribution in [2.45, 2.75) is 19.1 Å². The number of nitrogens with zero attached hydrogens (tertiary/aromatic N) is 3. The maximum absolute atomic E-state index is 9.25. The number of aromatic nitrogens is 2. The zero-order valence-electron chi connectivity index (χ0n) is 13.6. The van der Waals surface area contributed by atoms with Gasteiger partial charge in [-0.05, 0) is 30.7 Å². The fraction of sp³-hybridized carbons (Fsp3) is 0.353. The van der Waals surface area contributed by atoms with Crippen molar-refractivity contribution in [2.24, 2.45) is 0 Å². The number of benzene rings is 1. The van der Waals surface area contributed by atoms with Gasteiger partial charge in [-0.2, -0.15) is 10.2 Å². The molecule has 0 spiro atoms. The highest BCUT2D eigenvalue weighted by molar-refractivity contribution is 5.73. The molecule has 8 nitrogen and oxygen atoms in total. The topological polar surface area (TPSA) is 129 Å². The molecule has 4 N–H and O–H groups in total. The molecular formula is C17H19N5O3. The van der Waals surface area contributed by atoms with Crippen LogP contribution in [0.25, 0.3) is 11.3 Å². The van der Waals surface area contributed by atoms with E-state index < -0.39 is 0 Å². The van der Waals surface area contributed by atoms with E-state index in [0.29, 0.717) is 30.0 Å². The van der Waals surface area contributed by atoms with Crippen LogP contribution in [-0.4, -0.2) is 36.1 Å². The Balaban J connectivity index is 1.65. The lowest BCUT2D eigenvalue weighted by atomic mass is 10.1. The van der Waals surface area contributed by atoms with Gasteiger partial charge in [-0.1, -0.05) is 0 Å². The van der Waals surface area contributed by atoms with Crippen LogP contribution >= 0.6 is 0 Å². The lowest BCUT2D eigenvalue weighted by molar-refractivity contribution is -0.183. The standard InChI is InChI=1S/C17H19N5O3/c18-10-13-15(21-17(20)22-16(13)19)11-2-4-12(5-3-11)23-9-6-14-24-7-1-8-25-14/h2-5,14H,1,6-9H2,(H4,19,20,21,22). The summed E-state index contributed by atoms with van der Waals surface area (Å²) >= 11 is 0. The molecule has 0 saturated carbocycles. The van der Waals surface area contributed by atoms with Crippen LogP contribution in [0.5, 0.6) is 5.75 Å². The molecule has 0 unspecified atom stereocenters. The first kappa shape index (κ1) is 17.0. The predicted molar refractivity (Wildman–Crippen MR) is 91.4 cm³/mol. The van der Waals surface area contributed by atoms with Gasteiger partial charge in [0.05, 0.1) is 25.5 Å². The molecule has 1 saturated heterocycles. The first-order chi connectivity index (χ1) is 12.2. The van der Waals surface area contributed by atoms with Gasteiger partial charge >= 0.3 is 0 Å². The number of anilines is 2. The molecule has 2 heterocycles. The van der Waals surface area contributed by atoms with Crippen LogP contribution < -0.4 is 16.2 Å². The number of hydrogen-bond donors (Lipinski definition) is 2. The van der Waals surface area contributed by atoms with E-state index in [2.05, 4.69) is 9.97 Å². The molecule has 8 heteroatoms. The summed E-state index contributed by atoms with van der Waals surface area (Å²) in [5, 5.41) is 9.25. The second-order valence-electron chi connectivity index (χ2n) is 5.49. The van der Waals surface area contributed by atoms with Crippen LogP contribution in [0.3, 0.4) is 0 Å². The Bertz CT molecular complexity index is 767. The van der Waals surface area contributed by atoms with Crippen molar-refractivity contribution in [3.63, 3.8) is 0 Å².